The fraction of sp³-hybridized carbons (Fsp3) is 0.462. The van der Waals surface area contributed by atoms with Crippen LogP contribution in [-0.2, 0) is 14.8 Å². The Hall–Kier alpha value is -1.51. The SMILES string of the molecule is Cc1c(C(=O)NCCOC(C)C)cc(F)cc1S(N)(=O)=O. The minimum Gasteiger partial charge on any atom is -0.377 e. The average molecular weight is 318 g/mol. The largest absolute Gasteiger partial charge is 0.377 e. The first-order valence-corrected chi connectivity index (χ1v) is 7.90. The summed E-state index contributed by atoms with van der Waals surface area (Å²) in [6.07, 6.45) is 0.0341. The van der Waals surface area contributed by atoms with Crippen molar-refractivity contribution in [1.29, 1.82) is 0 Å². The summed E-state index contributed by atoms with van der Waals surface area (Å²) in [5.74, 6) is -1.42. The number of amides is 1. The normalized spacial score (nSPS) is 11.7. The van der Waals surface area contributed by atoms with Crippen LogP contribution >= 0.6 is 0 Å². The van der Waals surface area contributed by atoms with E-state index in [-0.39, 0.29) is 23.8 Å². The Balaban J connectivity index is 2.93. The minimum absolute atomic E-state index is 0.0341. The summed E-state index contributed by atoms with van der Waals surface area (Å²) >= 11 is 0. The summed E-state index contributed by atoms with van der Waals surface area (Å²) in [6, 6.07) is 1.77. The van der Waals surface area contributed by atoms with Crippen LogP contribution in [0.25, 0.3) is 0 Å². The molecule has 0 aliphatic carbocycles. The van der Waals surface area contributed by atoms with Crippen molar-refractivity contribution in [3.8, 4) is 0 Å². The van der Waals surface area contributed by atoms with Gasteiger partial charge in [0.1, 0.15) is 5.82 Å². The van der Waals surface area contributed by atoms with Gasteiger partial charge in [0.2, 0.25) is 10.0 Å². The van der Waals surface area contributed by atoms with E-state index in [1.807, 2.05) is 13.8 Å². The van der Waals surface area contributed by atoms with Crippen molar-refractivity contribution in [2.45, 2.75) is 31.8 Å². The Morgan fingerprint density at radius 1 is 1.43 bits per heavy atom. The summed E-state index contributed by atoms with van der Waals surface area (Å²) in [5.41, 5.74) is 0.0461. The van der Waals surface area contributed by atoms with Crippen molar-refractivity contribution in [3.05, 3.63) is 29.1 Å². The molecule has 6 nitrogen and oxygen atoms in total. The van der Waals surface area contributed by atoms with E-state index in [1.54, 1.807) is 0 Å². The van der Waals surface area contributed by atoms with Gasteiger partial charge in [-0.25, -0.2) is 17.9 Å². The topological polar surface area (TPSA) is 98.5 Å². The number of sulfonamides is 1. The summed E-state index contributed by atoms with van der Waals surface area (Å²) in [5, 5.41) is 7.54. The Morgan fingerprint density at radius 3 is 2.57 bits per heavy atom. The van der Waals surface area contributed by atoms with E-state index in [9.17, 15) is 17.6 Å². The Morgan fingerprint density at radius 2 is 2.05 bits per heavy atom. The van der Waals surface area contributed by atoms with E-state index in [0.717, 1.165) is 12.1 Å². The minimum atomic E-state index is -4.09. The lowest BCUT2D eigenvalue weighted by atomic mass is 10.1. The molecule has 0 radical (unpaired) electrons. The van der Waals surface area contributed by atoms with Gasteiger partial charge in [0.25, 0.3) is 5.91 Å². The maximum absolute atomic E-state index is 13.5. The molecule has 1 aromatic carbocycles. The van der Waals surface area contributed by atoms with E-state index in [4.69, 9.17) is 9.88 Å². The van der Waals surface area contributed by atoms with Crippen LogP contribution in [-0.4, -0.2) is 33.6 Å². The van der Waals surface area contributed by atoms with Crippen LogP contribution in [0.15, 0.2) is 17.0 Å². The molecule has 0 heterocycles. The standard InChI is InChI=1S/C13H19FN2O4S/c1-8(2)20-5-4-16-13(17)11-6-10(14)7-12(9(11)3)21(15,18)19/h6-8H,4-5H2,1-3H3,(H,16,17)(H2,15,18,19). The Kier molecular flexibility index (Phi) is 5.82. The van der Waals surface area contributed by atoms with Gasteiger partial charge in [-0.05, 0) is 38.5 Å². The molecule has 3 N–H and O–H groups in total. The molecule has 0 saturated heterocycles. The molecule has 0 aliphatic rings. The van der Waals surface area contributed by atoms with Crippen molar-refractivity contribution in [2.24, 2.45) is 5.14 Å². The molecule has 0 aromatic heterocycles. The van der Waals surface area contributed by atoms with Gasteiger partial charge in [-0.1, -0.05) is 0 Å². The monoisotopic (exact) mass is 318 g/mol. The fourth-order valence-electron chi connectivity index (χ4n) is 1.74. The van der Waals surface area contributed by atoms with Crippen LogP contribution in [0, 0.1) is 12.7 Å². The van der Waals surface area contributed by atoms with Crippen LogP contribution in [0.3, 0.4) is 0 Å². The van der Waals surface area contributed by atoms with Crippen molar-refractivity contribution < 1.29 is 22.3 Å². The highest BCUT2D eigenvalue weighted by molar-refractivity contribution is 7.89. The molecule has 1 rings (SSSR count). The number of primary sulfonamides is 1. The first-order valence-electron chi connectivity index (χ1n) is 6.35. The van der Waals surface area contributed by atoms with E-state index in [0.29, 0.717) is 6.61 Å². The number of carbonyl (C=O) groups is 1. The first kappa shape index (κ1) is 17.5. The molecular formula is C13H19FN2O4S. The number of ether oxygens (including phenoxy) is 1. The van der Waals surface area contributed by atoms with Gasteiger partial charge < -0.3 is 10.1 Å². The molecule has 118 valence electrons. The molecule has 1 amide bonds. The molecule has 0 atom stereocenters. The van der Waals surface area contributed by atoms with Gasteiger partial charge in [0, 0.05) is 12.1 Å². The number of nitrogens with one attached hydrogen (secondary N) is 1. The third kappa shape index (κ3) is 5.07. The van der Waals surface area contributed by atoms with Crippen LogP contribution in [0.5, 0.6) is 0 Å². The smallest absolute Gasteiger partial charge is 0.251 e. The summed E-state index contributed by atoms with van der Waals surface area (Å²) in [4.78, 5) is 11.6. The second-order valence-corrected chi connectivity index (χ2v) is 6.33. The van der Waals surface area contributed by atoms with E-state index >= 15 is 0 Å². The van der Waals surface area contributed by atoms with Crippen LogP contribution in [0.2, 0.25) is 0 Å². The lowest BCUT2D eigenvalue weighted by Crippen LogP contribution is -2.29. The molecule has 8 heteroatoms. The summed E-state index contributed by atoms with van der Waals surface area (Å²) in [7, 11) is -4.09. The number of carbonyl (C=O) groups excluding carboxylic acids is 1. The van der Waals surface area contributed by atoms with E-state index in [2.05, 4.69) is 5.32 Å². The molecule has 0 unspecified atom stereocenters. The lowest BCUT2D eigenvalue weighted by Gasteiger charge is -2.12. The maximum atomic E-state index is 13.5. The predicted molar refractivity (Wildman–Crippen MR) is 75.9 cm³/mol. The fourth-order valence-corrected chi connectivity index (χ4v) is 2.55. The quantitative estimate of drug-likeness (QED) is 0.762. The molecule has 0 saturated carbocycles. The van der Waals surface area contributed by atoms with Crippen molar-refractivity contribution in [1.82, 2.24) is 5.32 Å². The number of hydrogen-bond donors (Lipinski definition) is 2. The summed E-state index contributed by atoms with van der Waals surface area (Å²) < 4.78 is 41.5. The van der Waals surface area contributed by atoms with Crippen LogP contribution in [0.4, 0.5) is 4.39 Å². The molecule has 0 aliphatic heterocycles. The van der Waals surface area contributed by atoms with E-state index < -0.39 is 26.6 Å². The third-order valence-electron chi connectivity index (χ3n) is 2.71. The highest BCUT2D eigenvalue weighted by atomic mass is 32.2. The molecule has 1 aromatic rings. The number of rotatable bonds is 6. The van der Waals surface area contributed by atoms with Crippen molar-refractivity contribution in [3.63, 3.8) is 0 Å². The number of benzene rings is 1. The van der Waals surface area contributed by atoms with E-state index in [1.165, 1.54) is 6.92 Å². The maximum Gasteiger partial charge on any atom is 0.251 e. The molecule has 0 spiro atoms. The Labute approximate surface area is 123 Å². The van der Waals surface area contributed by atoms with Gasteiger partial charge in [0.15, 0.2) is 0 Å². The average Bonchev–Trinajstić information content (AvgIpc) is 2.35. The highest BCUT2D eigenvalue weighted by Gasteiger charge is 2.19. The zero-order chi connectivity index (χ0) is 16.2. The van der Waals surface area contributed by atoms with Gasteiger partial charge >= 0.3 is 0 Å². The molecule has 0 bridgehead atoms. The zero-order valence-corrected chi connectivity index (χ0v) is 13.0. The molecular weight excluding hydrogens is 299 g/mol. The van der Waals surface area contributed by atoms with Gasteiger partial charge in [-0.2, -0.15) is 0 Å². The second-order valence-electron chi connectivity index (χ2n) is 4.80. The van der Waals surface area contributed by atoms with Crippen LogP contribution in [0.1, 0.15) is 29.8 Å². The van der Waals surface area contributed by atoms with Crippen molar-refractivity contribution >= 4 is 15.9 Å². The first-order chi connectivity index (χ1) is 9.62. The zero-order valence-electron chi connectivity index (χ0n) is 12.1. The molecule has 0 fully saturated rings. The third-order valence-corrected chi connectivity index (χ3v) is 3.75. The number of nitrogens with two attached hydrogens (primary N) is 1. The molecule has 21 heavy (non-hydrogen) atoms. The second kappa shape index (κ2) is 6.97. The number of halogens is 1. The lowest BCUT2D eigenvalue weighted by molar-refractivity contribution is 0.0746. The van der Waals surface area contributed by atoms with Crippen LogP contribution < -0.4 is 10.5 Å². The van der Waals surface area contributed by atoms with Gasteiger partial charge in [-0.3, -0.25) is 4.79 Å². The van der Waals surface area contributed by atoms with Gasteiger partial charge in [0.05, 0.1) is 17.6 Å². The highest BCUT2D eigenvalue weighted by Crippen LogP contribution is 2.20. The number of hydrogen-bond acceptors (Lipinski definition) is 4. The summed E-state index contributed by atoms with van der Waals surface area (Å²) in [6.45, 7) is 5.66. The van der Waals surface area contributed by atoms with Gasteiger partial charge in [-0.15, -0.1) is 0 Å². The van der Waals surface area contributed by atoms with Crippen molar-refractivity contribution in [2.75, 3.05) is 13.2 Å². The predicted octanol–water partition coefficient (Wildman–Crippen LogP) is 0.936. The Bertz CT molecular complexity index is 629.